The van der Waals surface area contributed by atoms with E-state index >= 15 is 0 Å². The normalized spacial score (nSPS) is 13.7. The summed E-state index contributed by atoms with van der Waals surface area (Å²) in [4.78, 5) is 11.2. The van der Waals surface area contributed by atoms with Crippen molar-refractivity contribution < 1.29 is 9.53 Å². The fourth-order valence-corrected chi connectivity index (χ4v) is 1.22. The Bertz CT molecular complexity index is 210. The van der Waals surface area contributed by atoms with Gasteiger partial charge in [-0.2, -0.15) is 5.10 Å². The van der Waals surface area contributed by atoms with Gasteiger partial charge in [-0.3, -0.25) is 4.79 Å². The average molecular weight is 220 g/mol. The van der Waals surface area contributed by atoms with Crippen LogP contribution in [0.5, 0.6) is 0 Å². The quantitative estimate of drug-likeness (QED) is 0.240. The van der Waals surface area contributed by atoms with Crippen molar-refractivity contribution in [2.45, 2.75) is 13.0 Å². The molecule has 0 rings (SSSR count). The highest BCUT2D eigenvalue weighted by atomic mass is 32.2. The second kappa shape index (κ2) is 7.45. The molecule has 0 aliphatic carbocycles. The molecule has 0 saturated heterocycles. The van der Waals surface area contributed by atoms with Crippen molar-refractivity contribution in [2.24, 2.45) is 16.7 Å². The lowest BCUT2D eigenvalue weighted by Crippen LogP contribution is -2.37. The van der Waals surface area contributed by atoms with Gasteiger partial charge in [-0.05, 0) is 6.92 Å². The molecular formula is C7H16N4O2S. The molecule has 0 aromatic heterocycles. The molecule has 14 heavy (non-hydrogen) atoms. The van der Waals surface area contributed by atoms with Gasteiger partial charge in [0.05, 0.1) is 12.4 Å². The third kappa shape index (κ3) is 6.55. The van der Waals surface area contributed by atoms with Crippen molar-refractivity contribution in [2.75, 3.05) is 19.5 Å². The number of methoxy groups -OCH3 is 1. The maximum atomic E-state index is 11.2. The van der Waals surface area contributed by atoms with Gasteiger partial charge in [0.15, 0.2) is 5.17 Å². The van der Waals surface area contributed by atoms with Crippen molar-refractivity contribution in [1.82, 2.24) is 5.32 Å². The van der Waals surface area contributed by atoms with Gasteiger partial charge in [0.25, 0.3) is 0 Å². The van der Waals surface area contributed by atoms with Crippen LogP contribution in [0, 0.1) is 0 Å². The number of nitrogens with zero attached hydrogens (tertiary/aromatic N) is 1. The molecule has 0 aromatic carbocycles. The maximum absolute atomic E-state index is 11.2. The predicted octanol–water partition coefficient (Wildman–Crippen LogP) is -0.941. The third-order valence-electron chi connectivity index (χ3n) is 1.30. The van der Waals surface area contributed by atoms with Crippen LogP contribution in [0.2, 0.25) is 0 Å². The second-order valence-corrected chi connectivity index (χ2v) is 3.68. The van der Waals surface area contributed by atoms with Crippen LogP contribution in [0.15, 0.2) is 5.10 Å². The molecule has 0 spiro atoms. The van der Waals surface area contributed by atoms with E-state index in [1.807, 2.05) is 6.92 Å². The number of nitrogens with one attached hydrogen (secondary N) is 1. The third-order valence-corrected chi connectivity index (χ3v) is 2.11. The van der Waals surface area contributed by atoms with Crippen LogP contribution in [0.3, 0.4) is 0 Å². The summed E-state index contributed by atoms with van der Waals surface area (Å²) in [5.74, 6) is 4.99. The van der Waals surface area contributed by atoms with Crippen molar-refractivity contribution in [3.05, 3.63) is 0 Å². The zero-order valence-electron chi connectivity index (χ0n) is 8.32. The van der Waals surface area contributed by atoms with Gasteiger partial charge in [0, 0.05) is 13.2 Å². The van der Waals surface area contributed by atoms with Gasteiger partial charge < -0.3 is 21.6 Å². The Balaban J connectivity index is 3.65. The van der Waals surface area contributed by atoms with Gasteiger partial charge in [-0.1, -0.05) is 11.8 Å². The Morgan fingerprint density at radius 2 is 2.36 bits per heavy atom. The van der Waals surface area contributed by atoms with Crippen LogP contribution in [-0.2, 0) is 9.53 Å². The van der Waals surface area contributed by atoms with Gasteiger partial charge in [-0.25, -0.2) is 0 Å². The zero-order valence-corrected chi connectivity index (χ0v) is 9.13. The van der Waals surface area contributed by atoms with E-state index in [9.17, 15) is 4.79 Å². The number of thioether (sulfide) groups is 1. The molecule has 0 aromatic rings. The number of carbonyl (C=O) groups is 1. The maximum Gasteiger partial charge on any atom is 0.230 e. The lowest BCUT2D eigenvalue weighted by atomic mass is 10.3. The molecule has 82 valence electrons. The summed E-state index contributed by atoms with van der Waals surface area (Å²) in [6.45, 7) is 2.34. The smallest absolute Gasteiger partial charge is 0.230 e. The van der Waals surface area contributed by atoms with Crippen molar-refractivity contribution in [1.29, 1.82) is 0 Å². The Morgan fingerprint density at radius 3 is 2.86 bits per heavy atom. The number of ether oxygens (including phenoxy) is 1. The first-order valence-electron chi connectivity index (χ1n) is 4.04. The standard InChI is InChI=1S/C7H16N4O2S/c1-5(3-13-2)10-6(12)4-14-7(8)11-9/h5H,3-4,9H2,1-2H3,(H2,8,11)(H,10,12). The van der Waals surface area contributed by atoms with E-state index in [1.54, 1.807) is 7.11 Å². The largest absolute Gasteiger partial charge is 0.383 e. The van der Waals surface area contributed by atoms with E-state index < -0.39 is 0 Å². The van der Waals surface area contributed by atoms with Crippen LogP contribution >= 0.6 is 11.8 Å². The molecule has 0 aliphatic rings. The van der Waals surface area contributed by atoms with Crippen molar-refractivity contribution in [3.8, 4) is 0 Å². The van der Waals surface area contributed by atoms with Crippen LogP contribution < -0.4 is 16.9 Å². The van der Waals surface area contributed by atoms with E-state index in [0.29, 0.717) is 6.61 Å². The van der Waals surface area contributed by atoms with Crippen molar-refractivity contribution in [3.63, 3.8) is 0 Å². The summed E-state index contributed by atoms with van der Waals surface area (Å²) in [6, 6.07) is -0.0101. The highest BCUT2D eigenvalue weighted by Crippen LogP contribution is 1.98. The molecule has 1 unspecified atom stereocenters. The Morgan fingerprint density at radius 1 is 1.71 bits per heavy atom. The number of hydrogen-bond acceptors (Lipinski definition) is 5. The summed E-state index contributed by atoms with van der Waals surface area (Å²) in [5.41, 5.74) is 5.29. The Labute approximate surface area is 87.4 Å². The average Bonchev–Trinajstić information content (AvgIpc) is 2.14. The van der Waals surface area contributed by atoms with Gasteiger partial charge in [0.2, 0.25) is 5.91 Å². The Hall–Kier alpha value is -0.950. The molecule has 0 fully saturated rings. The Kier molecular flexibility index (Phi) is 6.95. The summed E-state index contributed by atoms with van der Waals surface area (Å²) in [6.07, 6.45) is 0. The van der Waals surface area contributed by atoms with E-state index in [1.165, 1.54) is 0 Å². The minimum absolute atomic E-state index is 0.0101. The molecule has 0 aliphatic heterocycles. The molecular weight excluding hydrogens is 204 g/mol. The molecule has 0 saturated carbocycles. The first kappa shape index (κ1) is 13.1. The molecule has 1 amide bonds. The van der Waals surface area contributed by atoms with Gasteiger partial charge >= 0.3 is 0 Å². The topological polar surface area (TPSA) is 103 Å². The number of amidine groups is 1. The summed E-state index contributed by atoms with van der Waals surface area (Å²) < 4.78 is 4.86. The van der Waals surface area contributed by atoms with Crippen LogP contribution in [0.4, 0.5) is 0 Å². The predicted molar refractivity (Wildman–Crippen MR) is 57.7 cm³/mol. The van der Waals surface area contributed by atoms with Crippen LogP contribution in [0.25, 0.3) is 0 Å². The van der Waals surface area contributed by atoms with E-state index in [-0.39, 0.29) is 22.9 Å². The molecule has 5 N–H and O–H groups in total. The minimum Gasteiger partial charge on any atom is -0.383 e. The minimum atomic E-state index is -0.119. The highest BCUT2D eigenvalue weighted by Gasteiger charge is 2.07. The van der Waals surface area contributed by atoms with E-state index in [4.69, 9.17) is 16.3 Å². The first-order valence-corrected chi connectivity index (χ1v) is 5.03. The van der Waals surface area contributed by atoms with E-state index in [2.05, 4.69) is 10.4 Å². The number of nitrogens with two attached hydrogens (primary N) is 2. The fourth-order valence-electron chi connectivity index (χ4n) is 0.785. The molecule has 1 atom stereocenters. The molecule has 0 heterocycles. The zero-order chi connectivity index (χ0) is 11.0. The number of hydrogen-bond donors (Lipinski definition) is 3. The highest BCUT2D eigenvalue weighted by molar-refractivity contribution is 8.14. The SMILES string of the molecule is COCC(C)NC(=O)CSC(N)=NN. The lowest BCUT2D eigenvalue weighted by Gasteiger charge is -2.11. The van der Waals surface area contributed by atoms with E-state index in [0.717, 1.165) is 11.8 Å². The monoisotopic (exact) mass is 220 g/mol. The van der Waals surface area contributed by atoms with Crippen LogP contribution in [-0.4, -0.2) is 36.6 Å². The summed E-state index contributed by atoms with van der Waals surface area (Å²) in [5, 5.41) is 6.15. The number of carbonyl (C=O) groups excluding carboxylic acids is 1. The van der Waals surface area contributed by atoms with Crippen molar-refractivity contribution >= 4 is 22.8 Å². The number of amides is 1. The fraction of sp³-hybridized carbons (Fsp3) is 0.714. The molecule has 6 nitrogen and oxygen atoms in total. The lowest BCUT2D eigenvalue weighted by molar-refractivity contribution is -0.119. The molecule has 0 bridgehead atoms. The molecule has 0 radical (unpaired) electrons. The summed E-state index contributed by atoms with van der Waals surface area (Å²) in [7, 11) is 1.58. The van der Waals surface area contributed by atoms with Crippen LogP contribution in [0.1, 0.15) is 6.92 Å². The second-order valence-electron chi connectivity index (χ2n) is 2.68. The number of rotatable bonds is 5. The molecule has 7 heteroatoms. The van der Waals surface area contributed by atoms with Gasteiger partial charge in [0.1, 0.15) is 0 Å². The number of hydrazone groups is 1. The summed E-state index contributed by atoms with van der Waals surface area (Å²) >= 11 is 1.09. The van der Waals surface area contributed by atoms with Gasteiger partial charge in [-0.15, -0.1) is 0 Å². The first-order chi connectivity index (χ1) is 6.60.